The van der Waals surface area contributed by atoms with Crippen molar-refractivity contribution in [1.82, 2.24) is 0 Å². The maximum atomic E-state index is 0. The summed E-state index contributed by atoms with van der Waals surface area (Å²) in [5.74, 6) is 0. The van der Waals surface area contributed by atoms with Crippen LogP contribution >= 0.6 is 0 Å². The van der Waals surface area contributed by atoms with Crippen LogP contribution in [-0.4, -0.2) is 11.0 Å². The molecule has 0 spiro atoms. The quantitative estimate of drug-likeness (QED) is 0.331. The van der Waals surface area contributed by atoms with Crippen molar-refractivity contribution in [2.75, 3.05) is 0 Å². The van der Waals surface area contributed by atoms with Crippen molar-refractivity contribution >= 4 is 11.0 Å². The summed E-state index contributed by atoms with van der Waals surface area (Å²) >= 11 is 0. The molecule has 0 aliphatic heterocycles. The molecule has 25 valence electrons. The Morgan fingerprint density at radius 2 is 0.750 bits per heavy atom. The minimum atomic E-state index is 0. The van der Waals surface area contributed by atoms with Gasteiger partial charge in [0.25, 0.3) is 0 Å². The average Bonchev–Trinajstić information content (AvgIpc) is 0. The predicted molar refractivity (Wildman–Crippen MR) is 22.8 cm³/mol. The zero-order valence-electron chi connectivity index (χ0n) is 3.50. The van der Waals surface area contributed by atoms with E-state index in [0.717, 1.165) is 0 Å². The third-order valence-corrected chi connectivity index (χ3v) is 0. The molecule has 0 atom stereocenters. The molecule has 0 aliphatic carbocycles. The van der Waals surface area contributed by atoms with Crippen LogP contribution in [0.4, 0.5) is 0 Å². The van der Waals surface area contributed by atoms with Gasteiger partial charge >= 0.3 is 26.2 Å². The molecule has 0 heterocycles. The number of hydrogen-bond donors (Lipinski definition) is 0. The Morgan fingerprint density at radius 1 is 0.750 bits per heavy atom. The number of rotatable bonds is 0. The van der Waals surface area contributed by atoms with Crippen LogP contribution in [0.5, 0.6) is 0 Å². The Bertz CT molecular complexity index is 6.00. The van der Waals surface area contributed by atoms with Crippen LogP contribution in [-0.2, 0) is 26.2 Å². The molecule has 0 saturated heterocycles. The molecule has 0 bridgehead atoms. The maximum absolute atomic E-state index is 0. The van der Waals surface area contributed by atoms with Gasteiger partial charge in [0.05, 0.1) is 0 Å². The SMILES string of the molecule is [CH3-].[CH3-].[SiH3].[Zr+2]. The molecular weight excluding hydrogens is 143 g/mol. The second-order valence-electron chi connectivity index (χ2n) is 0. The van der Waals surface area contributed by atoms with Crippen LogP contribution in [0.1, 0.15) is 0 Å². The van der Waals surface area contributed by atoms with Gasteiger partial charge in [0, 0.05) is 0 Å². The molecule has 0 rings (SSSR count). The molecule has 4 heavy (non-hydrogen) atoms. The van der Waals surface area contributed by atoms with Gasteiger partial charge in [0.1, 0.15) is 0 Å². The summed E-state index contributed by atoms with van der Waals surface area (Å²) in [7, 11) is 0. The zero-order valence-corrected chi connectivity index (χ0v) is 7.96. The van der Waals surface area contributed by atoms with E-state index in [1.807, 2.05) is 0 Å². The van der Waals surface area contributed by atoms with Crippen LogP contribution in [0.3, 0.4) is 0 Å². The minimum absolute atomic E-state index is 0. The van der Waals surface area contributed by atoms with Crippen molar-refractivity contribution in [3.8, 4) is 0 Å². The van der Waals surface area contributed by atoms with E-state index in [0.29, 0.717) is 0 Å². The summed E-state index contributed by atoms with van der Waals surface area (Å²) in [6.45, 7) is 0. The van der Waals surface area contributed by atoms with Crippen molar-refractivity contribution in [2.45, 2.75) is 0 Å². The first kappa shape index (κ1) is 70.9. The molecule has 0 aliphatic rings. The van der Waals surface area contributed by atoms with Crippen molar-refractivity contribution in [1.29, 1.82) is 0 Å². The molecule has 0 aromatic rings. The Morgan fingerprint density at radius 3 is 0.750 bits per heavy atom. The molecule has 0 N–H and O–H groups in total. The summed E-state index contributed by atoms with van der Waals surface area (Å²) in [5, 5.41) is 0. The Kier molecular flexibility index (Phi) is 577. The van der Waals surface area contributed by atoms with Crippen molar-refractivity contribution in [3.63, 3.8) is 0 Å². The first-order valence-corrected chi connectivity index (χ1v) is 0. The Balaban J connectivity index is 0. The smallest absolute Gasteiger partial charge is 0.358 e. The summed E-state index contributed by atoms with van der Waals surface area (Å²) in [5.41, 5.74) is 0. The second-order valence-corrected chi connectivity index (χ2v) is 0. The fourth-order valence-electron chi connectivity index (χ4n) is 0. The van der Waals surface area contributed by atoms with Gasteiger partial charge in [-0.3, -0.25) is 0 Å². The zero-order chi connectivity index (χ0) is 0. The molecule has 0 amide bonds. The van der Waals surface area contributed by atoms with E-state index in [4.69, 9.17) is 0 Å². The Hall–Kier alpha value is 1.10. The molecule has 2 heteroatoms. The Labute approximate surface area is 52.1 Å². The fourth-order valence-corrected chi connectivity index (χ4v) is 0. The van der Waals surface area contributed by atoms with E-state index >= 15 is 0 Å². The van der Waals surface area contributed by atoms with E-state index in [-0.39, 0.29) is 52.0 Å². The summed E-state index contributed by atoms with van der Waals surface area (Å²) in [6.07, 6.45) is 0. The standard InChI is InChI=1S/2CH3.H3Si.Zr/h3*1H3;/q2*-1;;+2. The molecule has 1 radical (unpaired) electrons. The van der Waals surface area contributed by atoms with Crippen molar-refractivity contribution < 1.29 is 26.2 Å². The minimum Gasteiger partial charge on any atom is -0.358 e. The van der Waals surface area contributed by atoms with Gasteiger partial charge in [-0.15, -0.1) is 0 Å². The molecule has 0 aromatic carbocycles. The normalized spacial score (nSPS) is 0. The third kappa shape index (κ3) is 11.3. The van der Waals surface area contributed by atoms with Gasteiger partial charge in [0.2, 0.25) is 0 Å². The summed E-state index contributed by atoms with van der Waals surface area (Å²) < 4.78 is 0. The van der Waals surface area contributed by atoms with Gasteiger partial charge in [-0.25, -0.2) is 0 Å². The van der Waals surface area contributed by atoms with E-state index in [9.17, 15) is 0 Å². The first-order chi connectivity index (χ1) is 0. The molecule has 0 saturated carbocycles. The molecule has 0 aromatic heterocycles. The van der Waals surface area contributed by atoms with Gasteiger partial charge in [-0.2, -0.15) is 0 Å². The van der Waals surface area contributed by atoms with Gasteiger partial charge in [-0.05, 0) is 11.0 Å². The summed E-state index contributed by atoms with van der Waals surface area (Å²) in [6, 6.07) is 0. The first-order valence-electron chi connectivity index (χ1n) is 0. The largest absolute Gasteiger partial charge is 2.00 e. The van der Waals surface area contributed by atoms with Crippen LogP contribution in [0.25, 0.3) is 0 Å². The monoisotopic (exact) mass is 151 g/mol. The average molecular weight is 152 g/mol. The van der Waals surface area contributed by atoms with Crippen molar-refractivity contribution in [2.24, 2.45) is 0 Å². The van der Waals surface area contributed by atoms with Gasteiger partial charge in [-0.1, -0.05) is 0 Å². The second kappa shape index (κ2) is 32.6. The van der Waals surface area contributed by atoms with Gasteiger partial charge in [0.15, 0.2) is 0 Å². The van der Waals surface area contributed by atoms with E-state index in [1.165, 1.54) is 0 Å². The van der Waals surface area contributed by atoms with E-state index < -0.39 is 0 Å². The molecule has 0 fully saturated rings. The van der Waals surface area contributed by atoms with Gasteiger partial charge < -0.3 is 14.9 Å². The van der Waals surface area contributed by atoms with Crippen LogP contribution in [0.15, 0.2) is 0 Å². The predicted octanol–water partition coefficient (Wildman–Crippen LogP) is -0.286. The fraction of sp³-hybridized carbons (Fsp3) is 0. The molecular formula is C2H9SiZr. The van der Waals surface area contributed by atoms with Crippen molar-refractivity contribution in [3.05, 3.63) is 14.9 Å². The maximum Gasteiger partial charge on any atom is 2.00 e. The van der Waals surface area contributed by atoms with Crippen LogP contribution in [0, 0.1) is 14.9 Å². The molecule has 0 nitrogen and oxygen atoms in total. The third-order valence-electron chi connectivity index (χ3n) is 0. The van der Waals surface area contributed by atoms with E-state index in [2.05, 4.69) is 0 Å². The van der Waals surface area contributed by atoms with E-state index in [1.54, 1.807) is 0 Å². The number of hydrogen-bond acceptors (Lipinski definition) is 0. The molecule has 0 unspecified atom stereocenters. The summed E-state index contributed by atoms with van der Waals surface area (Å²) in [4.78, 5) is 0. The van der Waals surface area contributed by atoms with Crippen LogP contribution in [0.2, 0.25) is 0 Å². The topological polar surface area (TPSA) is 0 Å². The van der Waals surface area contributed by atoms with Crippen LogP contribution < -0.4 is 0 Å².